The molecule has 2 aliphatic rings. The Labute approximate surface area is 446 Å². The Bertz CT molecular complexity index is 3860. The van der Waals surface area contributed by atoms with Crippen molar-refractivity contribution in [2.45, 2.75) is 29.6 Å². The molecule has 6 aromatic rings. The van der Waals surface area contributed by atoms with E-state index in [0.717, 1.165) is 4.31 Å². The summed E-state index contributed by atoms with van der Waals surface area (Å²) in [4.78, 5) is 51.2. The van der Waals surface area contributed by atoms with Gasteiger partial charge in [-0.15, -0.1) is 0 Å². The first kappa shape index (κ1) is 55.3. The molecule has 4 N–H and O–H groups in total. The molecule has 0 saturated carbocycles. The standard InChI is InChI=1S/C54H51N5O14S4/c1-4-74(64,65)72-45-13-7-6-12-43(45)35-15-19-37(20-16-35)51(60)55-28-10-30-58-54(63)50-34-42-24-23-40(32-48(42)76(50,68)69)39-25-26-46(73-77(70,71)59(2)3)44(31-39)36-17-21-38(22-18-36)52(61)56-27-9-29-57-53(62)49-33-41-11-5-8-14-47(41)75(49,66)67/h5-8,11-26,31-34H,4,9-10,27-30H2,1-3H3,(H,55,60)(H,56,61)(H,57,62)(H,58,63). The highest BCUT2D eigenvalue weighted by Gasteiger charge is 2.35. The molecule has 0 aromatic heterocycles. The molecule has 8 rings (SSSR count). The fourth-order valence-electron chi connectivity index (χ4n) is 8.09. The van der Waals surface area contributed by atoms with Crippen LogP contribution in [0.25, 0.3) is 45.5 Å². The summed E-state index contributed by atoms with van der Waals surface area (Å²) in [5, 5.41) is 10.7. The zero-order chi connectivity index (χ0) is 55.3. The summed E-state index contributed by atoms with van der Waals surface area (Å²) in [6.07, 6.45) is 3.15. The number of amides is 4. The van der Waals surface area contributed by atoms with E-state index >= 15 is 0 Å². The maximum Gasteiger partial charge on any atom is 0.384 e. The van der Waals surface area contributed by atoms with Crippen molar-refractivity contribution in [1.29, 1.82) is 0 Å². The van der Waals surface area contributed by atoms with Crippen LogP contribution in [0.5, 0.6) is 11.5 Å². The smallest absolute Gasteiger partial charge is 0.382 e. The highest BCUT2D eigenvalue weighted by molar-refractivity contribution is 7.97. The minimum atomic E-state index is -4.30. The van der Waals surface area contributed by atoms with Crippen molar-refractivity contribution < 1.29 is 61.2 Å². The maximum absolute atomic E-state index is 13.9. The SMILES string of the molecule is CCS(=O)(=O)Oc1ccccc1-c1ccc(C(=O)NCCCNC(=O)C2=Cc3ccc(-c4ccc(OS(=O)(=O)N(C)C)c(-c5ccc(C(=O)NCCCNC(=O)C6=Cc7ccccc7S6(=O)=O)cc5)c4)cc3S2(=O)=O)cc1. The van der Waals surface area contributed by atoms with Crippen LogP contribution in [0.3, 0.4) is 0 Å². The molecule has 0 saturated heterocycles. The summed E-state index contributed by atoms with van der Waals surface area (Å²) in [5.41, 5.74) is 4.04. The van der Waals surface area contributed by atoms with Gasteiger partial charge in [-0.2, -0.15) is 21.1 Å². The molecule has 6 aromatic carbocycles. The summed E-state index contributed by atoms with van der Waals surface area (Å²) in [6.45, 7) is 1.87. The number of carbonyl (C=O) groups excluding carboxylic acids is 4. The normalized spacial score (nSPS) is 14.1. The Morgan fingerprint density at radius 1 is 0.481 bits per heavy atom. The van der Waals surface area contributed by atoms with Gasteiger partial charge in [0.25, 0.3) is 23.6 Å². The van der Waals surface area contributed by atoms with Crippen molar-refractivity contribution in [2.24, 2.45) is 0 Å². The zero-order valence-corrected chi connectivity index (χ0v) is 44.9. The van der Waals surface area contributed by atoms with E-state index in [1.165, 1.54) is 63.5 Å². The van der Waals surface area contributed by atoms with Crippen LogP contribution in [-0.4, -0.2) is 108 Å². The van der Waals surface area contributed by atoms with Gasteiger partial charge in [-0.1, -0.05) is 78.9 Å². The summed E-state index contributed by atoms with van der Waals surface area (Å²) in [7, 11) is -13.7. The minimum absolute atomic E-state index is 0.0317. The lowest BCUT2D eigenvalue weighted by Crippen LogP contribution is -2.31. The van der Waals surface area contributed by atoms with Gasteiger partial charge >= 0.3 is 20.4 Å². The molecule has 2 heterocycles. The number of carbonyl (C=O) groups is 4. The molecule has 77 heavy (non-hydrogen) atoms. The summed E-state index contributed by atoms with van der Waals surface area (Å²) in [6, 6.07) is 34.8. The van der Waals surface area contributed by atoms with Crippen LogP contribution in [0.2, 0.25) is 0 Å². The molecule has 0 radical (unpaired) electrons. The number of nitrogens with zero attached hydrogens (tertiary/aromatic N) is 1. The van der Waals surface area contributed by atoms with Gasteiger partial charge in [0.05, 0.1) is 15.5 Å². The first-order chi connectivity index (χ1) is 36.6. The van der Waals surface area contributed by atoms with E-state index in [2.05, 4.69) is 21.3 Å². The molecular weight excluding hydrogens is 1070 g/mol. The highest BCUT2D eigenvalue weighted by Crippen LogP contribution is 2.40. The second kappa shape index (κ2) is 22.7. The van der Waals surface area contributed by atoms with E-state index in [9.17, 15) is 52.8 Å². The lowest BCUT2D eigenvalue weighted by Gasteiger charge is -2.17. The van der Waals surface area contributed by atoms with Crippen LogP contribution in [0.4, 0.5) is 0 Å². The minimum Gasteiger partial charge on any atom is -0.382 e. The van der Waals surface area contributed by atoms with E-state index in [4.69, 9.17) is 8.37 Å². The van der Waals surface area contributed by atoms with Crippen LogP contribution in [0, 0.1) is 0 Å². The molecule has 0 fully saturated rings. The topological polar surface area (TPSA) is 275 Å². The molecule has 2 aliphatic heterocycles. The molecule has 19 nitrogen and oxygen atoms in total. The number of benzene rings is 6. The summed E-state index contributed by atoms with van der Waals surface area (Å²) >= 11 is 0. The van der Waals surface area contributed by atoms with E-state index < -0.39 is 68.6 Å². The third-order valence-electron chi connectivity index (χ3n) is 12.3. The number of para-hydroxylation sites is 1. The first-order valence-corrected chi connectivity index (χ1v) is 29.8. The Morgan fingerprint density at radius 2 is 0.922 bits per heavy atom. The van der Waals surface area contributed by atoms with Crippen LogP contribution < -0.4 is 29.6 Å². The number of sulfone groups is 2. The highest BCUT2D eigenvalue weighted by atomic mass is 32.2. The largest absolute Gasteiger partial charge is 0.384 e. The van der Waals surface area contributed by atoms with Crippen LogP contribution in [0.15, 0.2) is 153 Å². The Balaban J connectivity index is 0.866. The second-order valence-corrected chi connectivity index (χ2v) is 25.0. The third kappa shape index (κ3) is 12.3. The van der Waals surface area contributed by atoms with Crippen molar-refractivity contribution in [3.8, 4) is 44.9 Å². The van der Waals surface area contributed by atoms with E-state index in [1.54, 1.807) is 103 Å². The van der Waals surface area contributed by atoms with Gasteiger partial charge in [0, 0.05) is 62.5 Å². The zero-order valence-electron chi connectivity index (χ0n) is 41.6. The third-order valence-corrected chi connectivity index (χ3v) is 18.4. The van der Waals surface area contributed by atoms with Crippen LogP contribution in [0.1, 0.15) is 51.6 Å². The quantitative estimate of drug-likeness (QED) is 0.0495. The van der Waals surface area contributed by atoms with Crippen molar-refractivity contribution >= 4 is 75.9 Å². The van der Waals surface area contributed by atoms with Crippen LogP contribution >= 0.6 is 0 Å². The predicted octanol–water partition coefficient (Wildman–Crippen LogP) is 5.73. The average Bonchev–Trinajstić information content (AvgIpc) is 3.91. The number of hydrogen-bond acceptors (Lipinski definition) is 14. The van der Waals surface area contributed by atoms with Crippen LogP contribution in [-0.2, 0) is 49.7 Å². The number of hydrogen-bond donors (Lipinski definition) is 4. The van der Waals surface area contributed by atoms with Crippen molar-refractivity contribution in [1.82, 2.24) is 25.6 Å². The number of fused-ring (bicyclic) bond motifs is 2. The first-order valence-electron chi connectivity index (χ1n) is 23.9. The molecule has 0 unspecified atom stereocenters. The van der Waals surface area contributed by atoms with Gasteiger partial charge < -0.3 is 29.6 Å². The van der Waals surface area contributed by atoms with Gasteiger partial charge in [0.1, 0.15) is 15.6 Å². The molecule has 400 valence electrons. The van der Waals surface area contributed by atoms with Gasteiger partial charge in [0.15, 0.2) is 5.75 Å². The van der Waals surface area contributed by atoms with Gasteiger partial charge in [0.2, 0.25) is 19.7 Å². The number of rotatable bonds is 21. The molecule has 4 amide bonds. The van der Waals surface area contributed by atoms with Gasteiger partial charge in [-0.3, -0.25) is 19.2 Å². The molecule has 23 heteroatoms. The van der Waals surface area contributed by atoms with E-state index in [-0.39, 0.29) is 87.7 Å². The molecule has 0 aliphatic carbocycles. The van der Waals surface area contributed by atoms with Gasteiger partial charge in [-0.25, -0.2) is 16.8 Å². The Hall–Kier alpha value is -7.96. The molecule has 0 bridgehead atoms. The lowest BCUT2D eigenvalue weighted by atomic mass is 9.97. The lowest BCUT2D eigenvalue weighted by molar-refractivity contribution is -0.117. The second-order valence-electron chi connectivity index (χ2n) is 17.7. The van der Waals surface area contributed by atoms with Crippen molar-refractivity contribution in [3.63, 3.8) is 0 Å². The monoisotopic (exact) mass is 1120 g/mol. The average molecular weight is 1120 g/mol. The molecule has 0 atom stereocenters. The summed E-state index contributed by atoms with van der Waals surface area (Å²) in [5.74, 6) is -2.54. The fourth-order valence-corrected chi connectivity index (χ4v) is 12.2. The van der Waals surface area contributed by atoms with Crippen molar-refractivity contribution in [2.75, 3.05) is 46.0 Å². The molecule has 0 spiro atoms. The molecular formula is C54H51N5O14S4. The number of nitrogens with one attached hydrogen (secondary N) is 4. The predicted molar refractivity (Wildman–Crippen MR) is 289 cm³/mol. The fraction of sp³-hybridized carbons (Fsp3) is 0.185. The van der Waals surface area contributed by atoms with E-state index in [1.807, 2.05) is 0 Å². The van der Waals surface area contributed by atoms with Gasteiger partial charge in [-0.05, 0) is 120 Å². The maximum atomic E-state index is 13.9. The summed E-state index contributed by atoms with van der Waals surface area (Å²) < 4.78 is 115. The Morgan fingerprint density at radius 3 is 1.47 bits per heavy atom. The van der Waals surface area contributed by atoms with E-state index in [0.29, 0.717) is 38.9 Å². The van der Waals surface area contributed by atoms with Crippen molar-refractivity contribution in [3.05, 3.63) is 166 Å². The Kier molecular flexibility index (Phi) is 16.3.